The molecule has 1 N–H and O–H groups in total. The zero-order valence-electron chi connectivity index (χ0n) is 20.5. The molecule has 0 bridgehead atoms. The van der Waals surface area contributed by atoms with Crippen molar-refractivity contribution in [1.82, 2.24) is 29.6 Å². The minimum absolute atomic E-state index is 0.0402. The highest BCUT2D eigenvalue weighted by Gasteiger charge is 2.34. The van der Waals surface area contributed by atoms with Crippen LogP contribution >= 0.6 is 15.9 Å². The Labute approximate surface area is 228 Å². The lowest BCUT2D eigenvalue weighted by Crippen LogP contribution is -2.45. The maximum Gasteiger partial charge on any atom is 0.225 e. The van der Waals surface area contributed by atoms with Crippen LogP contribution in [0.2, 0.25) is 0 Å². The number of nitrogens with zero attached hydrogens (tertiary/aromatic N) is 7. The molecular weight excluding hydrogens is 568 g/mol. The normalized spacial score (nSPS) is 21.1. The molecule has 0 spiro atoms. The summed E-state index contributed by atoms with van der Waals surface area (Å²) in [6.45, 7) is 8.45. The number of benzene rings is 1. The molecule has 6 rings (SSSR count). The van der Waals surface area contributed by atoms with E-state index >= 15 is 0 Å². The van der Waals surface area contributed by atoms with Gasteiger partial charge in [-0.3, -0.25) is 14.6 Å². The molecule has 10 nitrogen and oxygen atoms in total. The molecule has 38 heavy (non-hydrogen) atoms. The molecule has 1 saturated heterocycles. The number of fused-ring (bicyclic) bond motifs is 2. The lowest BCUT2D eigenvalue weighted by atomic mass is 10.0. The van der Waals surface area contributed by atoms with E-state index in [1.54, 1.807) is 28.0 Å². The van der Waals surface area contributed by atoms with Crippen molar-refractivity contribution >= 4 is 59.2 Å². The maximum absolute atomic E-state index is 13.0. The van der Waals surface area contributed by atoms with Gasteiger partial charge in [-0.2, -0.15) is 5.10 Å². The van der Waals surface area contributed by atoms with Crippen LogP contribution in [0, 0.1) is 23.2 Å². The Hall–Kier alpha value is -3.43. The van der Waals surface area contributed by atoms with E-state index in [-0.39, 0.29) is 23.3 Å². The number of carbonyl (C=O) groups excluding carboxylic acids is 1. The van der Waals surface area contributed by atoms with Gasteiger partial charge >= 0.3 is 0 Å². The highest BCUT2D eigenvalue weighted by molar-refractivity contribution is 9.10. The van der Waals surface area contributed by atoms with Crippen molar-refractivity contribution in [1.29, 1.82) is 4.78 Å². The van der Waals surface area contributed by atoms with Gasteiger partial charge in [0.1, 0.15) is 10.4 Å². The van der Waals surface area contributed by atoms with Gasteiger partial charge in [-0.1, -0.05) is 6.07 Å². The molecule has 12 heteroatoms. The predicted molar refractivity (Wildman–Crippen MR) is 148 cm³/mol. The van der Waals surface area contributed by atoms with E-state index in [2.05, 4.69) is 35.8 Å². The smallest absolute Gasteiger partial charge is 0.225 e. The molecule has 1 aliphatic heterocycles. The van der Waals surface area contributed by atoms with Gasteiger partial charge in [0.2, 0.25) is 11.6 Å². The fourth-order valence-electron chi connectivity index (χ4n) is 5.50. The summed E-state index contributed by atoms with van der Waals surface area (Å²) in [4.78, 5) is 32.3. The van der Waals surface area contributed by atoms with Crippen LogP contribution in [0.5, 0.6) is 0 Å². The minimum atomic E-state index is -2.52. The molecule has 1 aromatic carbocycles. The number of halogens is 1. The molecule has 2 fully saturated rings. The maximum atomic E-state index is 13.0. The average Bonchev–Trinajstić information content (AvgIpc) is 3.52. The monoisotopic (exact) mass is 592 g/mol. The summed E-state index contributed by atoms with van der Waals surface area (Å²) in [7, 11) is -2.52. The van der Waals surface area contributed by atoms with Crippen molar-refractivity contribution < 1.29 is 9.00 Å². The summed E-state index contributed by atoms with van der Waals surface area (Å²) < 4.78 is 22.1. The molecule has 1 amide bonds. The Balaban J connectivity index is 1.23. The summed E-state index contributed by atoms with van der Waals surface area (Å²) in [5, 5.41) is 6.27. The summed E-state index contributed by atoms with van der Waals surface area (Å²) >= 11 is 3.52. The number of pyridine rings is 1. The molecule has 1 saturated carbocycles. The largest absolute Gasteiger partial charge is 0.341 e. The summed E-state index contributed by atoms with van der Waals surface area (Å²) in [6, 6.07) is 7.49. The second kappa shape index (κ2) is 9.71. The third-order valence-electron chi connectivity index (χ3n) is 7.52. The Morgan fingerprint density at radius 1 is 1.24 bits per heavy atom. The first-order valence-electron chi connectivity index (χ1n) is 12.5. The van der Waals surface area contributed by atoms with Crippen molar-refractivity contribution in [3.05, 3.63) is 58.5 Å². The van der Waals surface area contributed by atoms with Gasteiger partial charge in [-0.25, -0.2) is 23.7 Å². The molecule has 2 atom stereocenters. The van der Waals surface area contributed by atoms with Crippen LogP contribution in [0.4, 0.5) is 5.69 Å². The molecule has 4 aromatic rings. The first-order valence-corrected chi connectivity index (χ1v) is 15.2. The zero-order valence-corrected chi connectivity index (χ0v) is 22.9. The number of aromatic nitrogens is 5. The van der Waals surface area contributed by atoms with Crippen LogP contribution in [-0.2, 0) is 20.9 Å². The van der Waals surface area contributed by atoms with Crippen LogP contribution in [0.25, 0.3) is 32.5 Å². The van der Waals surface area contributed by atoms with Gasteiger partial charge in [-0.15, -0.1) is 0 Å². The predicted octanol–water partition coefficient (Wildman–Crippen LogP) is 4.52. The van der Waals surface area contributed by atoms with Crippen LogP contribution in [0.1, 0.15) is 25.1 Å². The van der Waals surface area contributed by atoms with Crippen LogP contribution in [0.15, 0.2) is 41.3 Å². The third kappa shape index (κ3) is 4.65. The molecule has 194 valence electrons. The Bertz CT molecular complexity index is 1710. The lowest BCUT2D eigenvalue weighted by molar-refractivity contribution is -0.135. The van der Waals surface area contributed by atoms with Crippen molar-refractivity contribution in [2.24, 2.45) is 11.8 Å². The lowest BCUT2D eigenvalue weighted by Gasteiger charge is -2.30. The van der Waals surface area contributed by atoms with E-state index in [1.807, 2.05) is 18.2 Å². The highest BCUT2D eigenvalue weighted by atomic mass is 79.9. The topological polar surface area (TPSA) is 122 Å². The first-order chi connectivity index (χ1) is 18.3. The fraction of sp³-hybridized carbons (Fsp3) is 0.385. The van der Waals surface area contributed by atoms with E-state index in [4.69, 9.17) is 16.3 Å². The molecule has 2 aliphatic rings. The molecule has 4 heterocycles. The first kappa shape index (κ1) is 24.9. The van der Waals surface area contributed by atoms with Crippen LogP contribution in [0.3, 0.4) is 0 Å². The van der Waals surface area contributed by atoms with Gasteiger partial charge in [0.05, 0.1) is 23.2 Å². The number of nitrogens with one attached hydrogen (secondary N) is 1. The van der Waals surface area contributed by atoms with Gasteiger partial charge in [-0.05, 0) is 64.7 Å². The van der Waals surface area contributed by atoms with Gasteiger partial charge in [0, 0.05) is 59.1 Å². The molecule has 0 unspecified atom stereocenters. The standard InChI is InChI=1S/C26H25BrN8O2S/c1-29-21-14-19(13-17-3-2-6-30-23(17)21)35-25-20(24(27)33-35)15-31-22(32-25)12-16-4-5-18(11-16)26(36)34-7-9-38(28,37)10-8-34/h2-3,6,13-16,18,28H,4-5,7-12H2/t16-,18-/m1/s1. The van der Waals surface area contributed by atoms with Crippen molar-refractivity contribution in [2.75, 3.05) is 24.6 Å². The van der Waals surface area contributed by atoms with Crippen molar-refractivity contribution in [2.45, 2.75) is 25.7 Å². The van der Waals surface area contributed by atoms with Crippen LogP contribution in [-0.4, -0.2) is 64.3 Å². The number of rotatable bonds is 4. The third-order valence-corrected chi connectivity index (χ3v) is 9.79. The Kier molecular flexibility index (Phi) is 6.36. The molecule has 0 radical (unpaired) electrons. The Morgan fingerprint density at radius 3 is 2.84 bits per heavy atom. The van der Waals surface area contributed by atoms with E-state index in [0.717, 1.165) is 35.7 Å². The van der Waals surface area contributed by atoms with Crippen LogP contribution < -0.4 is 0 Å². The number of carbonyl (C=O) groups is 1. The van der Waals surface area contributed by atoms with E-state index < -0.39 is 9.73 Å². The van der Waals surface area contributed by atoms with E-state index in [1.165, 1.54) is 0 Å². The second-order valence-electron chi connectivity index (χ2n) is 10.0. The fourth-order valence-corrected chi connectivity index (χ4v) is 7.17. The van der Waals surface area contributed by atoms with E-state index in [0.29, 0.717) is 52.7 Å². The summed E-state index contributed by atoms with van der Waals surface area (Å²) in [6.07, 6.45) is 6.65. The van der Waals surface area contributed by atoms with E-state index in [9.17, 15) is 9.00 Å². The Morgan fingerprint density at radius 2 is 2.05 bits per heavy atom. The van der Waals surface area contributed by atoms with Gasteiger partial charge in [0.15, 0.2) is 5.65 Å². The van der Waals surface area contributed by atoms with Crippen molar-refractivity contribution in [3.8, 4) is 5.69 Å². The number of hydrogen-bond donors (Lipinski definition) is 1. The molecule has 1 aliphatic carbocycles. The molecule has 3 aromatic heterocycles. The summed E-state index contributed by atoms with van der Waals surface area (Å²) in [5.41, 5.74) is 2.48. The SMILES string of the molecule is [C-]#[N+]c1cc(-n2nc(Br)c3cnc(C[C@@H]4CC[C@@H](C(=O)N5CCS(=N)(=O)CC5)C4)nc32)cc2cccnc12. The van der Waals surface area contributed by atoms with Gasteiger partial charge in [0.25, 0.3) is 0 Å². The number of hydrogen-bond acceptors (Lipinski definition) is 7. The minimum Gasteiger partial charge on any atom is -0.341 e. The average molecular weight is 594 g/mol. The number of amides is 1. The van der Waals surface area contributed by atoms with Crippen molar-refractivity contribution in [3.63, 3.8) is 0 Å². The highest BCUT2D eigenvalue weighted by Crippen LogP contribution is 2.35. The molecular formula is C26H25BrN8O2S. The summed E-state index contributed by atoms with van der Waals surface area (Å²) in [5.74, 6) is 1.63. The quantitative estimate of drug-likeness (QED) is 0.347. The second-order valence-corrected chi connectivity index (χ2v) is 13.2. The zero-order chi connectivity index (χ0) is 26.4. The van der Waals surface area contributed by atoms with Gasteiger partial charge < -0.3 is 4.90 Å².